The van der Waals surface area contributed by atoms with E-state index in [0.29, 0.717) is 25.6 Å². The molecular weight excluding hydrogens is 454 g/mol. The first-order valence-corrected chi connectivity index (χ1v) is 11.3. The van der Waals surface area contributed by atoms with Crippen molar-refractivity contribution in [3.63, 3.8) is 0 Å². The fourth-order valence-corrected chi connectivity index (χ4v) is 3.75. The molecule has 1 N–H and O–H groups in total. The van der Waals surface area contributed by atoms with Gasteiger partial charge in [-0.2, -0.15) is 18.2 Å². The van der Waals surface area contributed by atoms with Crippen LogP contribution in [0.25, 0.3) is 0 Å². The minimum Gasteiger partial charge on any atom is -0.490 e. The van der Waals surface area contributed by atoms with Crippen molar-refractivity contribution in [2.24, 2.45) is 10.4 Å². The van der Waals surface area contributed by atoms with Crippen LogP contribution in [0.4, 0.5) is 17.6 Å². The summed E-state index contributed by atoms with van der Waals surface area (Å²) in [4.78, 5) is 17.2. The van der Waals surface area contributed by atoms with Crippen molar-refractivity contribution >= 4 is 5.91 Å². The maximum Gasteiger partial charge on any atom is 0.416 e. The maximum atomic E-state index is 13.3. The number of hydrogen-bond donors (Lipinski definition) is 1. The summed E-state index contributed by atoms with van der Waals surface area (Å²) in [6, 6.07) is 4.23. The van der Waals surface area contributed by atoms with E-state index in [1.165, 1.54) is 6.92 Å². The van der Waals surface area contributed by atoms with E-state index in [2.05, 4.69) is 30.9 Å². The summed E-state index contributed by atoms with van der Waals surface area (Å²) < 4.78 is 65.8. The molecule has 1 aromatic heterocycles. The molecule has 0 saturated carbocycles. The van der Waals surface area contributed by atoms with Crippen molar-refractivity contribution < 1.29 is 31.8 Å². The highest BCUT2D eigenvalue weighted by molar-refractivity contribution is 5.97. The zero-order chi connectivity index (χ0) is 25.1. The molecule has 3 rings (SSSR count). The van der Waals surface area contributed by atoms with Gasteiger partial charge in [-0.15, -0.1) is 0 Å². The lowest BCUT2D eigenvalue weighted by molar-refractivity contribution is -0.137. The number of ether oxygens (including phenoxy) is 2. The summed E-state index contributed by atoms with van der Waals surface area (Å²) in [5.74, 6) is -1.06. The molecule has 1 aliphatic rings. The molecule has 34 heavy (non-hydrogen) atoms. The van der Waals surface area contributed by atoms with Gasteiger partial charge in [-0.25, -0.2) is 4.39 Å². The maximum absolute atomic E-state index is 13.3. The van der Waals surface area contributed by atoms with Crippen LogP contribution in [0.3, 0.4) is 0 Å². The Morgan fingerprint density at radius 1 is 1.29 bits per heavy atom. The second kappa shape index (κ2) is 10.3. The molecule has 0 bridgehead atoms. The van der Waals surface area contributed by atoms with Crippen molar-refractivity contribution in [2.75, 3.05) is 13.2 Å². The van der Waals surface area contributed by atoms with Gasteiger partial charge in [0.2, 0.25) is 0 Å². The number of halogens is 4. The molecular formula is C24H31F4N3O3. The van der Waals surface area contributed by atoms with Crippen LogP contribution in [-0.2, 0) is 23.9 Å². The Hall–Kier alpha value is -2.62. The van der Waals surface area contributed by atoms with Gasteiger partial charge in [-0.3, -0.25) is 9.48 Å². The quantitative estimate of drug-likeness (QED) is 0.556. The minimum atomic E-state index is -4.66. The lowest BCUT2D eigenvalue weighted by Crippen LogP contribution is -2.26. The average Bonchev–Trinajstić information content (AvgIpc) is 3.34. The number of aromatic nitrogens is 2. The summed E-state index contributed by atoms with van der Waals surface area (Å²) >= 11 is 0. The summed E-state index contributed by atoms with van der Waals surface area (Å²) in [5, 5.41) is 3.24. The van der Waals surface area contributed by atoms with E-state index < -0.39 is 30.4 Å². The number of aromatic amines is 1. The van der Waals surface area contributed by atoms with Crippen molar-refractivity contribution in [2.45, 2.75) is 72.0 Å². The van der Waals surface area contributed by atoms with Crippen LogP contribution in [0.15, 0.2) is 29.3 Å². The normalized spacial score (nSPS) is 18.4. The van der Waals surface area contributed by atoms with Gasteiger partial charge in [-0.05, 0) is 49.8 Å². The van der Waals surface area contributed by atoms with Gasteiger partial charge in [0.25, 0.3) is 5.91 Å². The van der Waals surface area contributed by atoms with Crippen LogP contribution >= 0.6 is 0 Å². The predicted octanol–water partition coefficient (Wildman–Crippen LogP) is 5.08. The Bertz CT molecular complexity index is 1060. The Labute approximate surface area is 196 Å². The predicted molar refractivity (Wildman–Crippen MR) is 118 cm³/mol. The lowest BCUT2D eigenvalue weighted by Gasteiger charge is -2.16. The van der Waals surface area contributed by atoms with Crippen LogP contribution in [0.1, 0.15) is 62.2 Å². The molecule has 6 nitrogen and oxygen atoms in total. The molecule has 2 heterocycles. The first-order valence-electron chi connectivity index (χ1n) is 11.3. The van der Waals surface area contributed by atoms with Gasteiger partial charge in [-0.1, -0.05) is 20.8 Å². The molecule has 188 valence electrons. The number of rotatable bonds is 7. The highest BCUT2D eigenvalue weighted by Gasteiger charge is 2.32. The van der Waals surface area contributed by atoms with Gasteiger partial charge >= 0.3 is 6.18 Å². The van der Waals surface area contributed by atoms with E-state index in [4.69, 9.17) is 9.47 Å². The van der Waals surface area contributed by atoms with Crippen molar-refractivity contribution in [3.8, 4) is 5.75 Å². The second-order valence-corrected chi connectivity index (χ2v) is 9.84. The molecule has 1 unspecified atom stereocenters. The van der Waals surface area contributed by atoms with Gasteiger partial charge in [0.15, 0.2) is 5.49 Å². The van der Waals surface area contributed by atoms with Crippen molar-refractivity contribution in [1.29, 1.82) is 0 Å². The van der Waals surface area contributed by atoms with Crippen LogP contribution in [0, 0.1) is 5.41 Å². The highest BCUT2D eigenvalue weighted by Crippen LogP contribution is 2.33. The number of alkyl halides is 4. The molecule has 1 aliphatic heterocycles. The Morgan fingerprint density at radius 3 is 2.62 bits per heavy atom. The number of carbonyl (C=O) groups excluding carboxylic acids is 1. The third-order valence-electron chi connectivity index (χ3n) is 5.21. The number of benzene rings is 1. The first kappa shape index (κ1) is 26.0. The molecule has 0 aliphatic carbocycles. The summed E-state index contributed by atoms with van der Waals surface area (Å²) in [6.45, 7) is 8.14. The number of H-pyrrole nitrogens is 1. The van der Waals surface area contributed by atoms with E-state index in [1.54, 1.807) is 10.7 Å². The molecule has 1 aromatic carbocycles. The first-order chi connectivity index (χ1) is 15.8. The summed E-state index contributed by atoms with van der Waals surface area (Å²) in [6.07, 6.45) is -3.59. The Kier molecular flexibility index (Phi) is 7.90. The van der Waals surface area contributed by atoms with Gasteiger partial charge in [0, 0.05) is 18.4 Å². The lowest BCUT2D eigenvalue weighted by atomic mass is 9.91. The fourth-order valence-electron chi connectivity index (χ4n) is 3.75. The average molecular weight is 486 g/mol. The van der Waals surface area contributed by atoms with E-state index in [-0.39, 0.29) is 28.3 Å². The Morgan fingerprint density at radius 2 is 2.03 bits per heavy atom. The van der Waals surface area contributed by atoms with E-state index in [1.807, 2.05) is 0 Å². The van der Waals surface area contributed by atoms with Gasteiger partial charge < -0.3 is 14.6 Å². The molecule has 2 atom stereocenters. The van der Waals surface area contributed by atoms with E-state index >= 15 is 0 Å². The fraction of sp³-hybridized carbons (Fsp3) is 0.583. The molecule has 0 radical (unpaired) electrons. The zero-order valence-corrected chi connectivity index (χ0v) is 19.8. The number of carbonyl (C=O) groups is 1. The standard InChI is InChI=1S/C24H31F4N3O3/c1-15(25)14-34-20-8-7-16(24(26,27)28)10-19(20)22(32)29-21-11-17(12-23(2,3)4)30-31(21)13-18-6-5-9-33-18/h7-8,10-11,15,18,30H,5-6,9,12-14H2,1-4H3/t15?,18-/m1/s1. The molecule has 1 fully saturated rings. The Balaban J connectivity index is 2.02. The van der Waals surface area contributed by atoms with Gasteiger partial charge in [0.1, 0.15) is 18.5 Å². The van der Waals surface area contributed by atoms with E-state index in [9.17, 15) is 22.4 Å². The highest BCUT2D eigenvalue weighted by atomic mass is 19.4. The number of nitrogens with one attached hydrogen (secondary N) is 1. The van der Waals surface area contributed by atoms with Crippen LogP contribution in [-0.4, -0.2) is 41.2 Å². The third kappa shape index (κ3) is 7.19. The van der Waals surface area contributed by atoms with Crippen molar-refractivity contribution in [1.82, 2.24) is 9.78 Å². The van der Waals surface area contributed by atoms with Gasteiger partial charge in [0.05, 0.1) is 23.8 Å². The monoisotopic (exact) mass is 485 g/mol. The van der Waals surface area contributed by atoms with Crippen LogP contribution in [0.2, 0.25) is 0 Å². The molecule has 1 saturated heterocycles. The third-order valence-corrected chi connectivity index (χ3v) is 5.21. The van der Waals surface area contributed by atoms with Crippen molar-refractivity contribution in [3.05, 3.63) is 46.6 Å². The SMILES string of the molecule is CC(F)COc1ccc(C(F)(F)F)cc1C(=O)N=c1cc(CC(C)(C)C)[nH]n1C[C@H]1CCCO1. The number of nitrogens with zero attached hydrogens (tertiary/aromatic N) is 2. The molecule has 2 aromatic rings. The largest absolute Gasteiger partial charge is 0.490 e. The molecule has 10 heteroatoms. The minimum absolute atomic E-state index is 0.0427. The summed E-state index contributed by atoms with van der Waals surface area (Å²) in [5.41, 5.74) is -0.316. The van der Waals surface area contributed by atoms with E-state index in [0.717, 1.165) is 30.7 Å². The van der Waals surface area contributed by atoms with Crippen LogP contribution < -0.4 is 10.2 Å². The number of hydrogen-bond acceptors (Lipinski definition) is 3. The second-order valence-electron chi connectivity index (χ2n) is 9.84. The number of amides is 1. The topological polar surface area (TPSA) is 68.6 Å². The zero-order valence-electron chi connectivity index (χ0n) is 19.8. The smallest absolute Gasteiger partial charge is 0.416 e. The molecule has 1 amide bonds. The van der Waals surface area contributed by atoms with Crippen LogP contribution in [0.5, 0.6) is 5.75 Å². The molecule has 0 spiro atoms. The summed E-state index contributed by atoms with van der Waals surface area (Å²) in [7, 11) is 0.